The molecule has 0 radical (unpaired) electrons. The van der Waals surface area contributed by atoms with Crippen molar-refractivity contribution in [2.24, 2.45) is 5.92 Å². The Kier molecular flexibility index (Phi) is 5.33. The van der Waals surface area contributed by atoms with Gasteiger partial charge in [0.1, 0.15) is 12.1 Å². The molecule has 1 atom stereocenters. The highest BCUT2D eigenvalue weighted by molar-refractivity contribution is 7.10. The topological polar surface area (TPSA) is 96.0 Å². The molecular formula is C20H25N3O5S. The van der Waals surface area contributed by atoms with E-state index in [-0.39, 0.29) is 30.2 Å². The van der Waals surface area contributed by atoms with Crippen molar-refractivity contribution >= 4 is 35.2 Å². The fraction of sp³-hybridized carbons (Fsp3) is 0.600. The van der Waals surface area contributed by atoms with Gasteiger partial charge in [0.25, 0.3) is 5.91 Å². The van der Waals surface area contributed by atoms with Gasteiger partial charge in [-0.2, -0.15) is 0 Å². The van der Waals surface area contributed by atoms with Crippen LogP contribution in [0, 0.1) is 5.92 Å². The van der Waals surface area contributed by atoms with Crippen molar-refractivity contribution in [1.82, 2.24) is 15.1 Å². The second kappa shape index (κ2) is 7.78. The summed E-state index contributed by atoms with van der Waals surface area (Å²) in [5.41, 5.74) is -0.153. The molecule has 9 heteroatoms. The molecule has 0 saturated carbocycles. The molecule has 3 aliphatic rings. The summed E-state index contributed by atoms with van der Waals surface area (Å²) < 4.78 is 5.05. The standard InChI is InChI=1S/C20H25N3O5S/c1-2-28-17(25)13-5-9-22(10-6-13)16(24)12-23-18(26)20(21-19(23)27)8-3-4-15-14(20)7-11-29-15/h7,11,13H,2-6,8-10,12H2,1H3,(H,21,27)/t20-/m1/s1. The Hall–Kier alpha value is -2.42. The van der Waals surface area contributed by atoms with Crippen molar-refractivity contribution < 1.29 is 23.9 Å². The van der Waals surface area contributed by atoms with E-state index in [1.54, 1.807) is 23.2 Å². The minimum Gasteiger partial charge on any atom is -0.466 e. The maximum absolute atomic E-state index is 13.2. The number of carbonyl (C=O) groups excluding carboxylic acids is 4. The molecule has 1 aliphatic carbocycles. The molecule has 1 spiro atoms. The first-order chi connectivity index (χ1) is 14.0. The van der Waals surface area contributed by atoms with Crippen LogP contribution < -0.4 is 5.32 Å². The Morgan fingerprint density at radius 1 is 1.31 bits per heavy atom. The van der Waals surface area contributed by atoms with E-state index < -0.39 is 11.6 Å². The van der Waals surface area contributed by atoms with Crippen LogP contribution in [0.2, 0.25) is 0 Å². The zero-order valence-electron chi connectivity index (χ0n) is 16.4. The first-order valence-electron chi connectivity index (χ1n) is 10.1. The number of likely N-dealkylation sites (tertiary alicyclic amines) is 1. The van der Waals surface area contributed by atoms with Crippen LogP contribution in [0.5, 0.6) is 0 Å². The number of amides is 4. The Labute approximate surface area is 173 Å². The molecule has 3 heterocycles. The molecule has 8 nitrogen and oxygen atoms in total. The van der Waals surface area contributed by atoms with Gasteiger partial charge in [0, 0.05) is 23.5 Å². The van der Waals surface area contributed by atoms with Crippen LogP contribution in [0.4, 0.5) is 4.79 Å². The summed E-state index contributed by atoms with van der Waals surface area (Å²) in [7, 11) is 0. The minimum atomic E-state index is -1.03. The van der Waals surface area contributed by atoms with E-state index in [9.17, 15) is 19.2 Å². The van der Waals surface area contributed by atoms with Gasteiger partial charge >= 0.3 is 12.0 Å². The van der Waals surface area contributed by atoms with E-state index in [1.165, 1.54) is 0 Å². The molecule has 1 aromatic rings. The molecule has 1 N–H and O–H groups in total. The summed E-state index contributed by atoms with van der Waals surface area (Å²) in [5, 5.41) is 4.81. The van der Waals surface area contributed by atoms with E-state index in [1.807, 2.05) is 11.4 Å². The zero-order chi connectivity index (χ0) is 20.6. The Morgan fingerprint density at radius 3 is 2.79 bits per heavy atom. The summed E-state index contributed by atoms with van der Waals surface area (Å²) in [6.45, 7) is 2.69. The van der Waals surface area contributed by atoms with Crippen LogP contribution in [0.15, 0.2) is 11.4 Å². The van der Waals surface area contributed by atoms with Gasteiger partial charge in [-0.3, -0.25) is 19.3 Å². The minimum absolute atomic E-state index is 0.196. The quantitative estimate of drug-likeness (QED) is 0.591. The van der Waals surface area contributed by atoms with Gasteiger partial charge in [0.2, 0.25) is 5.91 Å². The van der Waals surface area contributed by atoms with Gasteiger partial charge in [0.15, 0.2) is 0 Å². The van der Waals surface area contributed by atoms with Crippen LogP contribution >= 0.6 is 11.3 Å². The number of esters is 1. The number of rotatable bonds is 4. The lowest BCUT2D eigenvalue weighted by atomic mass is 9.80. The summed E-state index contributed by atoms with van der Waals surface area (Å²) in [5.74, 6) is -1.02. The van der Waals surface area contributed by atoms with Gasteiger partial charge in [-0.25, -0.2) is 4.79 Å². The van der Waals surface area contributed by atoms with Gasteiger partial charge < -0.3 is 15.0 Å². The molecule has 4 amide bonds. The van der Waals surface area contributed by atoms with Crippen molar-refractivity contribution in [3.05, 3.63) is 21.9 Å². The van der Waals surface area contributed by atoms with E-state index in [0.29, 0.717) is 39.0 Å². The summed E-state index contributed by atoms with van der Waals surface area (Å²) in [4.78, 5) is 54.2. The lowest BCUT2D eigenvalue weighted by molar-refractivity contribution is -0.151. The number of ether oxygens (including phenoxy) is 1. The lowest BCUT2D eigenvalue weighted by Gasteiger charge is -2.32. The maximum atomic E-state index is 13.2. The monoisotopic (exact) mass is 419 g/mol. The number of nitrogens with zero attached hydrogens (tertiary/aromatic N) is 2. The molecule has 0 aromatic carbocycles. The van der Waals surface area contributed by atoms with Gasteiger partial charge in [-0.1, -0.05) is 0 Å². The van der Waals surface area contributed by atoms with E-state index in [2.05, 4.69) is 5.32 Å². The summed E-state index contributed by atoms with van der Waals surface area (Å²) >= 11 is 1.60. The van der Waals surface area contributed by atoms with Gasteiger partial charge in [-0.05, 0) is 50.5 Å². The van der Waals surface area contributed by atoms with Crippen LogP contribution in [0.3, 0.4) is 0 Å². The molecule has 2 saturated heterocycles. The van der Waals surface area contributed by atoms with Crippen molar-refractivity contribution in [2.45, 2.75) is 44.6 Å². The Morgan fingerprint density at radius 2 is 2.07 bits per heavy atom. The number of piperidine rings is 1. The predicted octanol–water partition coefficient (Wildman–Crippen LogP) is 1.63. The number of imide groups is 1. The number of hydrogen-bond donors (Lipinski definition) is 1. The fourth-order valence-electron chi connectivity index (χ4n) is 4.54. The number of fused-ring (bicyclic) bond motifs is 2. The highest BCUT2D eigenvalue weighted by Gasteiger charge is 2.54. The normalized spacial score (nSPS) is 24.6. The molecule has 1 aromatic heterocycles. The highest BCUT2D eigenvalue weighted by Crippen LogP contribution is 2.42. The smallest absolute Gasteiger partial charge is 0.325 e. The molecular weight excluding hydrogens is 394 g/mol. The molecule has 4 rings (SSSR count). The SMILES string of the molecule is CCOC(=O)C1CCN(C(=O)CN2C(=O)N[C@@]3(CCCc4sccc43)C2=O)CC1. The molecule has 0 bridgehead atoms. The number of aryl methyl sites for hydroxylation is 1. The number of hydrogen-bond acceptors (Lipinski definition) is 6. The average Bonchev–Trinajstić information content (AvgIpc) is 3.29. The number of carbonyl (C=O) groups is 4. The number of urea groups is 1. The molecule has 2 fully saturated rings. The zero-order valence-corrected chi connectivity index (χ0v) is 17.3. The molecule has 2 aliphatic heterocycles. The summed E-state index contributed by atoms with van der Waals surface area (Å²) in [6, 6.07) is 1.40. The maximum Gasteiger partial charge on any atom is 0.325 e. The van der Waals surface area contributed by atoms with E-state index in [4.69, 9.17) is 4.74 Å². The van der Waals surface area contributed by atoms with Crippen LogP contribution in [0.1, 0.15) is 43.0 Å². The lowest BCUT2D eigenvalue weighted by Crippen LogP contribution is -2.48. The first-order valence-corrected chi connectivity index (χ1v) is 11.0. The van der Waals surface area contributed by atoms with E-state index in [0.717, 1.165) is 28.2 Å². The molecule has 156 valence electrons. The first kappa shape index (κ1) is 19.9. The van der Waals surface area contributed by atoms with Crippen LogP contribution in [-0.4, -0.2) is 59.9 Å². The third-order valence-electron chi connectivity index (χ3n) is 6.10. The third kappa shape index (κ3) is 3.41. The third-order valence-corrected chi connectivity index (χ3v) is 7.08. The molecule has 29 heavy (non-hydrogen) atoms. The number of thiophene rings is 1. The van der Waals surface area contributed by atoms with Crippen molar-refractivity contribution in [1.29, 1.82) is 0 Å². The van der Waals surface area contributed by atoms with Crippen molar-refractivity contribution in [3.8, 4) is 0 Å². The second-order valence-corrected chi connectivity index (χ2v) is 8.75. The molecule has 0 unspecified atom stereocenters. The van der Waals surface area contributed by atoms with Gasteiger partial charge in [-0.15, -0.1) is 11.3 Å². The average molecular weight is 420 g/mol. The predicted molar refractivity (Wildman–Crippen MR) is 105 cm³/mol. The van der Waals surface area contributed by atoms with Crippen molar-refractivity contribution in [3.63, 3.8) is 0 Å². The van der Waals surface area contributed by atoms with Gasteiger partial charge in [0.05, 0.1) is 12.5 Å². The fourth-order valence-corrected chi connectivity index (χ4v) is 5.54. The Bertz CT molecular complexity index is 845. The van der Waals surface area contributed by atoms with Crippen LogP contribution in [-0.2, 0) is 31.1 Å². The summed E-state index contributed by atoms with van der Waals surface area (Å²) in [6.07, 6.45) is 3.35. The van der Waals surface area contributed by atoms with Crippen LogP contribution in [0.25, 0.3) is 0 Å². The number of nitrogens with one attached hydrogen (secondary N) is 1. The van der Waals surface area contributed by atoms with E-state index >= 15 is 0 Å². The van der Waals surface area contributed by atoms with Crippen molar-refractivity contribution in [2.75, 3.05) is 26.2 Å². The second-order valence-electron chi connectivity index (χ2n) is 7.74. The highest BCUT2D eigenvalue weighted by atomic mass is 32.1. The largest absolute Gasteiger partial charge is 0.466 e. The Balaban J connectivity index is 1.41.